The molecule has 0 bridgehead atoms. The molecule has 0 fully saturated rings. The first-order valence-electron chi connectivity index (χ1n) is 8.08. The van der Waals surface area contributed by atoms with Crippen LogP contribution in [0.4, 0.5) is 18.9 Å². The Balaban J connectivity index is 1.95. The highest BCUT2D eigenvalue weighted by molar-refractivity contribution is 6.31. The minimum Gasteiger partial charge on any atom is -0.493 e. The lowest BCUT2D eigenvalue weighted by Crippen LogP contribution is -2.15. The van der Waals surface area contributed by atoms with Crippen molar-refractivity contribution in [1.29, 1.82) is 0 Å². The normalized spacial score (nSPS) is 11.4. The molecule has 0 saturated carbocycles. The van der Waals surface area contributed by atoms with Crippen LogP contribution in [0.2, 0.25) is 5.02 Å². The number of methoxy groups -OCH3 is 1. The molecule has 1 amide bonds. The van der Waals surface area contributed by atoms with Gasteiger partial charge < -0.3 is 10.1 Å². The Morgan fingerprint density at radius 1 is 1.21 bits per heavy atom. The van der Waals surface area contributed by atoms with Crippen LogP contribution in [0.1, 0.15) is 21.6 Å². The zero-order valence-electron chi connectivity index (χ0n) is 14.8. The van der Waals surface area contributed by atoms with E-state index in [-0.39, 0.29) is 17.1 Å². The number of hydrogen-bond acceptors (Lipinski definition) is 3. The third-order valence-corrected chi connectivity index (χ3v) is 4.24. The molecule has 3 aromatic rings. The predicted octanol–water partition coefficient (Wildman–Crippen LogP) is 5.11. The molecule has 3 rings (SSSR count). The lowest BCUT2D eigenvalue weighted by Gasteiger charge is -2.09. The number of ether oxygens (including phenoxy) is 1. The van der Waals surface area contributed by atoms with Gasteiger partial charge in [0.2, 0.25) is 0 Å². The van der Waals surface area contributed by atoms with Crippen molar-refractivity contribution < 1.29 is 22.7 Å². The fourth-order valence-corrected chi connectivity index (χ4v) is 2.70. The molecule has 9 heteroatoms. The molecule has 0 spiro atoms. The maximum absolute atomic E-state index is 12.9. The fourth-order valence-electron chi connectivity index (χ4n) is 2.53. The Bertz CT molecular complexity index is 1030. The summed E-state index contributed by atoms with van der Waals surface area (Å²) in [5.74, 6) is -0.456. The van der Waals surface area contributed by atoms with Crippen LogP contribution in [0.15, 0.2) is 48.7 Å². The Morgan fingerprint density at radius 3 is 2.64 bits per heavy atom. The Morgan fingerprint density at radius 2 is 1.96 bits per heavy atom. The third kappa shape index (κ3) is 4.12. The molecule has 1 N–H and O–H groups in total. The molecule has 0 saturated heterocycles. The molecule has 0 aliphatic rings. The molecule has 0 atom stereocenters. The number of nitrogens with zero attached hydrogens (tertiary/aromatic N) is 2. The minimum absolute atomic E-state index is 0.0701. The molecule has 0 aliphatic heterocycles. The van der Waals surface area contributed by atoms with Crippen molar-refractivity contribution in [3.05, 3.63) is 70.5 Å². The first kappa shape index (κ1) is 19.8. The van der Waals surface area contributed by atoms with E-state index in [4.69, 9.17) is 16.3 Å². The van der Waals surface area contributed by atoms with Crippen LogP contribution < -0.4 is 10.1 Å². The highest BCUT2D eigenvalue weighted by atomic mass is 35.5. The monoisotopic (exact) mass is 409 g/mol. The quantitative estimate of drug-likeness (QED) is 0.651. The van der Waals surface area contributed by atoms with Gasteiger partial charge in [-0.3, -0.25) is 4.79 Å². The van der Waals surface area contributed by atoms with Gasteiger partial charge in [-0.25, -0.2) is 4.68 Å². The van der Waals surface area contributed by atoms with Gasteiger partial charge in [-0.1, -0.05) is 23.7 Å². The second kappa shape index (κ2) is 7.55. The predicted molar refractivity (Wildman–Crippen MR) is 99.3 cm³/mol. The summed E-state index contributed by atoms with van der Waals surface area (Å²) in [7, 11) is 1.34. The number of alkyl halides is 3. The van der Waals surface area contributed by atoms with Gasteiger partial charge in [0.25, 0.3) is 5.91 Å². The molecule has 0 aliphatic carbocycles. The number of anilines is 1. The number of aryl methyl sites for hydroxylation is 1. The maximum Gasteiger partial charge on any atom is 0.416 e. The zero-order valence-corrected chi connectivity index (χ0v) is 15.6. The van der Waals surface area contributed by atoms with Gasteiger partial charge in [-0.2, -0.15) is 18.3 Å². The molecule has 1 heterocycles. The average Bonchev–Trinajstić information content (AvgIpc) is 3.09. The lowest BCUT2D eigenvalue weighted by molar-refractivity contribution is -0.137. The first-order chi connectivity index (χ1) is 13.2. The summed E-state index contributed by atoms with van der Waals surface area (Å²) < 4.78 is 45.2. The summed E-state index contributed by atoms with van der Waals surface area (Å²) in [6.45, 7) is 1.80. The van der Waals surface area contributed by atoms with Gasteiger partial charge in [0.15, 0.2) is 11.4 Å². The van der Waals surface area contributed by atoms with Crippen molar-refractivity contribution in [2.24, 2.45) is 0 Å². The topological polar surface area (TPSA) is 56.2 Å². The van der Waals surface area contributed by atoms with E-state index in [1.165, 1.54) is 25.4 Å². The van der Waals surface area contributed by atoms with E-state index in [9.17, 15) is 18.0 Å². The van der Waals surface area contributed by atoms with Gasteiger partial charge >= 0.3 is 6.18 Å². The molecule has 1 aromatic heterocycles. The molecular weight excluding hydrogens is 395 g/mol. The number of benzene rings is 2. The number of rotatable bonds is 4. The molecule has 28 heavy (non-hydrogen) atoms. The molecule has 146 valence electrons. The van der Waals surface area contributed by atoms with Crippen molar-refractivity contribution in [2.45, 2.75) is 13.1 Å². The largest absolute Gasteiger partial charge is 0.493 e. The number of halogens is 4. The van der Waals surface area contributed by atoms with Gasteiger partial charge in [0, 0.05) is 10.7 Å². The Hall–Kier alpha value is -3.00. The SMILES string of the molecule is COc1cn(-c2cccc(C(F)(F)F)c2)nc1C(=O)Nc1cc(Cl)ccc1C. The maximum atomic E-state index is 12.9. The second-order valence-corrected chi connectivity index (χ2v) is 6.39. The molecule has 2 aromatic carbocycles. The van der Waals surface area contributed by atoms with Gasteiger partial charge in [-0.15, -0.1) is 0 Å². The van der Waals surface area contributed by atoms with Crippen LogP contribution in [-0.2, 0) is 6.18 Å². The van der Waals surface area contributed by atoms with Crippen LogP contribution in [0.25, 0.3) is 5.69 Å². The number of amides is 1. The number of nitrogens with one attached hydrogen (secondary N) is 1. The highest BCUT2D eigenvalue weighted by Crippen LogP contribution is 2.31. The van der Waals surface area contributed by atoms with E-state index in [0.29, 0.717) is 10.7 Å². The zero-order chi connectivity index (χ0) is 20.5. The molecule has 0 unspecified atom stereocenters. The van der Waals surface area contributed by atoms with Crippen molar-refractivity contribution in [3.8, 4) is 11.4 Å². The number of aromatic nitrogens is 2. The molecule has 5 nitrogen and oxygen atoms in total. The third-order valence-electron chi connectivity index (χ3n) is 4.00. The number of carbonyl (C=O) groups excluding carboxylic acids is 1. The van der Waals surface area contributed by atoms with E-state index < -0.39 is 17.6 Å². The van der Waals surface area contributed by atoms with Crippen molar-refractivity contribution in [3.63, 3.8) is 0 Å². The Labute approximate surface area is 163 Å². The van der Waals surface area contributed by atoms with Crippen LogP contribution in [-0.4, -0.2) is 22.8 Å². The fraction of sp³-hybridized carbons (Fsp3) is 0.158. The van der Waals surface area contributed by atoms with Gasteiger partial charge in [-0.05, 0) is 42.8 Å². The van der Waals surface area contributed by atoms with Crippen molar-refractivity contribution >= 4 is 23.2 Å². The van der Waals surface area contributed by atoms with Crippen LogP contribution in [0.5, 0.6) is 5.75 Å². The van der Waals surface area contributed by atoms with E-state index >= 15 is 0 Å². The Kier molecular flexibility index (Phi) is 5.33. The first-order valence-corrected chi connectivity index (χ1v) is 8.45. The second-order valence-electron chi connectivity index (χ2n) is 5.95. The smallest absolute Gasteiger partial charge is 0.416 e. The summed E-state index contributed by atoms with van der Waals surface area (Å²) in [4.78, 5) is 12.6. The summed E-state index contributed by atoms with van der Waals surface area (Å²) in [5, 5.41) is 7.23. The number of hydrogen-bond donors (Lipinski definition) is 1. The molecule has 0 radical (unpaired) electrons. The summed E-state index contributed by atoms with van der Waals surface area (Å²) in [5.41, 5.74) is 0.535. The standard InChI is InChI=1S/C19H15ClF3N3O2/c1-11-6-7-13(20)9-15(11)24-18(27)17-16(28-2)10-26(25-17)14-5-3-4-12(8-14)19(21,22)23/h3-10H,1-2H3,(H,24,27). The van der Waals surface area contributed by atoms with E-state index in [1.807, 2.05) is 0 Å². The van der Waals surface area contributed by atoms with Crippen LogP contribution >= 0.6 is 11.6 Å². The molecular formula is C19H15ClF3N3O2. The van der Waals surface area contributed by atoms with Crippen LogP contribution in [0.3, 0.4) is 0 Å². The minimum atomic E-state index is -4.49. The number of carbonyl (C=O) groups is 1. The summed E-state index contributed by atoms with van der Waals surface area (Å²) in [6.07, 6.45) is -3.15. The van der Waals surface area contributed by atoms with Crippen molar-refractivity contribution in [1.82, 2.24) is 9.78 Å². The highest BCUT2D eigenvalue weighted by Gasteiger charge is 2.30. The summed E-state index contributed by atoms with van der Waals surface area (Å²) in [6, 6.07) is 9.64. The summed E-state index contributed by atoms with van der Waals surface area (Å²) >= 11 is 5.95. The van der Waals surface area contributed by atoms with E-state index in [0.717, 1.165) is 22.4 Å². The van der Waals surface area contributed by atoms with E-state index in [2.05, 4.69) is 10.4 Å². The van der Waals surface area contributed by atoms with Gasteiger partial charge in [0.05, 0.1) is 24.6 Å². The van der Waals surface area contributed by atoms with Gasteiger partial charge in [0.1, 0.15) is 0 Å². The average molecular weight is 410 g/mol. The van der Waals surface area contributed by atoms with Crippen molar-refractivity contribution in [2.75, 3.05) is 12.4 Å². The van der Waals surface area contributed by atoms with Crippen LogP contribution in [0, 0.1) is 6.92 Å². The lowest BCUT2D eigenvalue weighted by atomic mass is 10.2. The van der Waals surface area contributed by atoms with E-state index in [1.54, 1.807) is 25.1 Å².